The van der Waals surface area contributed by atoms with Crippen molar-refractivity contribution < 1.29 is 29.0 Å². The number of carbonyl (C=O) groups excluding carboxylic acids is 3. The predicted octanol–water partition coefficient (Wildman–Crippen LogP) is 3.64. The number of hydrogen-bond donors (Lipinski definition) is 4. The number of thiol groups is 1. The summed E-state index contributed by atoms with van der Waals surface area (Å²) in [6.07, 6.45) is -0.783. The topological polar surface area (TPSA) is 117 Å². The van der Waals surface area contributed by atoms with Gasteiger partial charge in [-0.15, -0.1) is 0 Å². The Kier molecular flexibility index (Phi) is 10.8. The average Bonchev–Trinajstić information content (AvgIpc) is 2.83. The molecule has 10 heteroatoms. The van der Waals surface area contributed by atoms with E-state index in [0.717, 1.165) is 11.1 Å². The third-order valence-corrected chi connectivity index (χ3v) is 5.93. The highest BCUT2D eigenvalue weighted by Crippen LogP contribution is 2.27. The molecule has 0 radical (unpaired) electrons. The fraction of sp³-hybridized carbons (Fsp3) is 0.444. The lowest BCUT2D eigenvalue weighted by Crippen LogP contribution is -2.53. The van der Waals surface area contributed by atoms with Crippen molar-refractivity contribution in [1.82, 2.24) is 10.2 Å². The van der Waals surface area contributed by atoms with E-state index in [2.05, 4.69) is 23.3 Å². The number of aliphatic hydroxyl groups excluding tert-OH is 1. The Labute approximate surface area is 223 Å². The van der Waals surface area contributed by atoms with E-state index in [9.17, 15) is 19.5 Å². The van der Waals surface area contributed by atoms with Gasteiger partial charge in [0.15, 0.2) is 0 Å². The number of nitrogens with one attached hydrogen (secondary N) is 2. The molecule has 2 unspecified atom stereocenters. The molecule has 3 N–H and O–H groups in total. The van der Waals surface area contributed by atoms with Crippen LogP contribution in [0.3, 0.4) is 0 Å². The van der Waals surface area contributed by atoms with E-state index in [4.69, 9.17) is 9.47 Å². The minimum absolute atomic E-state index is 0.0419. The molecule has 0 bridgehead atoms. The van der Waals surface area contributed by atoms with Crippen LogP contribution in [0.4, 0.5) is 10.5 Å². The molecule has 0 fully saturated rings. The van der Waals surface area contributed by atoms with E-state index < -0.39 is 42.2 Å². The van der Waals surface area contributed by atoms with Crippen molar-refractivity contribution in [3.8, 4) is 5.75 Å². The largest absolute Gasteiger partial charge is 0.497 e. The molecule has 0 heterocycles. The fourth-order valence-corrected chi connectivity index (χ4v) is 3.85. The number of anilines is 1. The lowest BCUT2D eigenvalue weighted by atomic mass is 9.98. The maximum absolute atomic E-state index is 13.7. The third kappa shape index (κ3) is 8.68. The SMILES string of the molecule is COc1ccc(NC(=O)C(c2ccc(C)c(C)c2)N(CCO)C(=O)C(CS)NC(=O)OC(C)(C)C)cc1. The van der Waals surface area contributed by atoms with Crippen molar-refractivity contribution >= 4 is 36.2 Å². The number of amides is 3. The zero-order valence-electron chi connectivity index (χ0n) is 22.2. The Balaban J connectivity index is 2.45. The second-order valence-electron chi connectivity index (χ2n) is 9.60. The summed E-state index contributed by atoms with van der Waals surface area (Å²) in [6, 6.07) is 10.1. The van der Waals surface area contributed by atoms with Gasteiger partial charge in [-0.2, -0.15) is 12.6 Å². The van der Waals surface area contributed by atoms with E-state index in [1.165, 1.54) is 4.90 Å². The van der Waals surface area contributed by atoms with Gasteiger partial charge in [0.2, 0.25) is 5.91 Å². The van der Waals surface area contributed by atoms with Crippen LogP contribution in [0.25, 0.3) is 0 Å². The molecule has 0 aliphatic carbocycles. The summed E-state index contributed by atoms with van der Waals surface area (Å²) in [5.74, 6) is -0.473. The molecule has 2 aromatic carbocycles. The number of rotatable bonds is 10. The molecular formula is C27H37N3O6S. The van der Waals surface area contributed by atoms with Crippen molar-refractivity contribution in [2.45, 2.75) is 52.3 Å². The van der Waals surface area contributed by atoms with Crippen molar-refractivity contribution in [2.24, 2.45) is 0 Å². The highest BCUT2D eigenvalue weighted by Gasteiger charge is 2.36. The van der Waals surface area contributed by atoms with Crippen molar-refractivity contribution in [3.05, 3.63) is 59.2 Å². The maximum atomic E-state index is 13.7. The van der Waals surface area contributed by atoms with Gasteiger partial charge in [-0.1, -0.05) is 18.2 Å². The Hall–Kier alpha value is -3.24. The van der Waals surface area contributed by atoms with Gasteiger partial charge < -0.3 is 30.1 Å². The summed E-state index contributed by atoms with van der Waals surface area (Å²) < 4.78 is 10.5. The zero-order chi connectivity index (χ0) is 27.8. The van der Waals surface area contributed by atoms with Crippen LogP contribution >= 0.6 is 12.6 Å². The molecule has 2 atom stereocenters. The number of aryl methyl sites for hydroxylation is 2. The number of aliphatic hydroxyl groups is 1. The minimum atomic E-state index is -1.09. The fourth-order valence-electron chi connectivity index (χ4n) is 3.60. The average molecular weight is 532 g/mol. The number of methoxy groups -OCH3 is 1. The zero-order valence-corrected chi connectivity index (χ0v) is 23.1. The Morgan fingerprint density at radius 1 is 1.05 bits per heavy atom. The Morgan fingerprint density at radius 3 is 2.22 bits per heavy atom. The first-order chi connectivity index (χ1) is 17.4. The molecule has 0 aromatic heterocycles. The molecule has 202 valence electrons. The third-order valence-electron chi connectivity index (χ3n) is 5.56. The molecule has 0 spiro atoms. The summed E-state index contributed by atoms with van der Waals surface area (Å²) in [6.45, 7) is 8.45. The first kappa shape index (κ1) is 30.0. The second kappa shape index (κ2) is 13.3. The highest BCUT2D eigenvalue weighted by molar-refractivity contribution is 7.80. The first-order valence-electron chi connectivity index (χ1n) is 11.9. The molecule has 37 heavy (non-hydrogen) atoms. The summed E-state index contributed by atoms with van der Waals surface area (Å²) in [5, 5.41) is 15.2. The van der Waals surface area contributed by atoms with E-state index in [1.807, 2.05) is 26.0 Å². The Morgan fingerprint density at radius 2 is 1.70 bits per heavy atom. The summed E-state index contributed by atoms with van der Waals surface area (Å²) >= 11 is 4.25. The molecular weight excluding hydrogens is 494 g/mol. The van der Waals surface area contributed by atoms with E-state index in [1.54, 1.807) is 58.2 Å². The number of ether oxygens (including phenoxy) is 2. The summed E-state index contributed by atoms with van der Waals surface area (Å²) in [7, 11) is 1.55. The number of hydrogen-bond acceptors (Lipinski definition) is 7. The molecule has 2 rings (SSSR count). The molecule has 2 aromatic rings. The van der Waals surface area contributed by atoms with Crippen LogP contribution in [0.2, 0.25) is 0 Å². The van der Waals surface area contributed by atoms with Crippen LogP contribution in [0.15, 0.2) is 42.5 Å². The molecule has 0 saturated carbocycles. The molecule has 0 saturated heterocycles. The maximum Gasteiger partial charge on any atom is 0.408 e. The van der Waals surface area contributed by atoms with Crippen LogP contribution in [0.5, 0.6) is 5.75 Å². The molecule has 0 aliphatic rings. The summed E-state index contributed by atoms with van der Waals surface area (Å²) in [5.41, 5.74) is 2.27. The highest BCUT2D eigenvalue weighted by atomic mass is 32.1. The minimum Gasteiger partial charge on any atom is -0.497 e. The molecule has 9 nitrogen and oxygen atoms in total. The Bertz CT molecular complexity index is 1080. The lowest BCUT2D eigenvalue weighted by molar-refractivity contribution is -0.140. The quantitative estimate of drug-likeness (QED) is 0.348. The monoisotopic (exact) mass is 531 g/mol. The van der Waals surface area contributed by atoms with E-state index >= 15 is 0 Å². The van der Waals surface area contributed by atoms with Gasteiger partial charge in [-0.05, 0) is 75.6 Å². The normalized spacial score (nSPS) is 12.8. The van der Waals surface area contributed by atoms with Crippen LogP contribution in [0.1, 0.15) is 43.5 Å². The van der Waals surface area contributed by atoms with Gasteiger partial charge >= 0.3 is 6.09 Å². The van der Waals surface area contributed by atoms with Gasteiger partial charge in [-0.3, -0.25) is 9.59 Å². The van der Waals surface area contributed by atoms with Gasteiger partial charge in [0.1, 0.15) is 23.4 Å². The van der Waals surface area contributed by atoms with Crippen molar-refractivity contribution in [2.75, 3.05) is 31.3 Å². The van der Waals surface area contributed by atoms with Gasteiger partial charge in [0.25, 0.3) is 5.91 Å². The van der Waals surface area contributed by atoms with Crippen molar-refractivity contribution in [1.29, 1.82) is 0 Å². The smallest absolute Gasteiger partial charge is 0.408 e. The van der Waals surface area contributed by atoms with Gasteiger partial charge in [0, 0.05) is 18.0 Å². The first-order valence-corrected chi connectivity index (χ1v) is 12.6. The summed E-state index contributed by atoms with van der Waals surface area (Å²) in [4.78, 5) is 41.0. The second-order valence-corrected chi connectivity index (χ2v) is 9.97. The standard InChI is InChI=1S/C27H37N3O6S/c1-17-7-8-19(15-18(17)2)23(24(32)28-20-9-11-21(35-6)12-10-20)30(13-14-31)25(33)22(16-37)29-26(34)36-27(3,4)5/h7-12,15,22-23,31,37H,13-14,16H2,1-6H3,(H,28,32)(H,29,34). The molecule has 0 aliphatic heterocycles. The van der Waals surface area contributed by atoms with Gasteiger partial charge in [-0.25, -0.2) is 4.79 Å². The van der Waals surface area contributed by atoms with E-state index in [-0.39, 0.29) is 12.3 Å². The van der Waals surface area contributed by atoms with Crippen LogP contribution in [-0.4, -0.2) is 65.6 Å². The number of nitrogens with zero attached hydrogens (tertiary/aromatic N) is 1. The van der Waals surface area contributed by atoms with Crippen molar-refractivity contribution in [3.63, 3.8) is 0 Å². The predicted molar refractivity (Wildman–Crippen MR) is 146 cm³/mol. The van der Waals surface area contributed by atoms with Crippen LogP contribution in [0, 0.1) is 13.8 Å². The molecule has 3 amide bonds. The lowest BCUT2D eigenvalue weighted by Gasteiger charge is -2.34. The van der Waals surface area contributed by atoms with Crippen LogP contribution in [-0.2, 0) is 14.3 Å². The number of alkyl carbamates (subject to hydrolysis) is 1. The number of carbonyl (C=O) groups is 3. The number of benzene rings is 2. The van der Waals surface area contributed by atoms with Gasteiger partial charge in [0.05, 0.1) is 13.7 Å². The van der Waals surface area contributed by atoms with Crippen LogP contribution < -0.4 is 15.4 Å². The van der Waals surface area contributed by atoms with E-state index in [0.29, 0.717) is 17.0 Å².